The van der Waals surface area contributed by atoms with E-state index in [1.807, 2.05) is 18.6 Å². The third kappa shape index (κ3) is 8.62. The summed E-state index contributed by atoms with van der Waals surface area (Å²) in [6.07, 6.45) is -1.82. The fraction of sp³-hybridized carbons (Fsp3) is 0.483. The molecule has 3 N–H and O–H groups in total. The van der Waals surface area contributed by atoms with Crippen LogP contribution in [0.2, 0.25) is 5.15 Å². The van der Waals surface area contributed by atoms with E-state index in [4.69, 9.17) is 16.3 Å². The van der Waals surface area contributed by atoms with Crippen molar-refractivity contribution in [3.63, 3.8) is 0 Å². The van der Waals surface area contributed by atoms with Crippen molar-refractivity contribution < 1.29 is 41.0 Å². The first-order valence-electron chi connectivity index (χ1n) is 14.5. The van der Waals surface area contributed by atoms with Crippen molar-refractivity contribution in [3.05, 3.63) is 53.3 Å². The smallest absolute Gasteiger partial charge is 0.407 e. The molecule has 47 heavy (non-hydrogen) atoms. The molecule has 4 heterocycles. The van der Waals surface area contributed by atoms with E-state index in [9.17, 15) is 36.3 Å². The summed E-state index contributed by atoms with van der Waals surface area (Å²) in [6, 6.07) is 8.13. The van der Waals surface area contributed by atoms with Crippen LogP contribution in [-0.4, -0.2) is 81.6 Å². The van der Waals surface area contributed by atoms with Crippen LogP contribution in [0.15, 0.2) is 47.6 Å². The highest BCUT2D eigenvalue weighted by Gasteiger charge is 2.48. The molecule has 0 unspecified atom stereocenters. The molecule has 3 aromatic heterocycles. The number of pyridine rings is 2. The van der Waals surface area contributed by atoms with E-state index < -0.39 is 50.8 Å². The third-order valence-corrected chi connectivity index (χ3v) is 9.26. The van der Waals surface area contributed by atoms with Crippen LogP contribution in [0.3, 0.4) is 0 Å². The average Bonchev–Trinajstić information content (AvgIpc) is 3.57. The molecule has 0 spiro atoms. The molecule has 4 rings (SSSR count). The van der Waals surface area contributed by atoms with Gasteiger partial charge in [0, 0.05) is 30.9 Å². The zero-order chi connectivity index (χ0) is 34.8. The minimum Gasteiger partial charge on any atom is -0.476 e. The Kier molecular flexibility index (Phi) is 10.3. The van der Waals surface area contributed by atoms with Gasteiger partial charge in [-0.1, -0.05) is 17.7 Å². The highest BCUT2D eigenvalue weighted by atomic mass is 35.5. The molecule has 1 saturated heterocycles. The normalized spacial score (nSPS) is 16.6. The number of carbonyl (C=O) groups excluding carboxylic acids is 1. The maximum absolute atomic E-state index is 13.1. The Morgan fingerprint density at radius 3 is 2.51 bits per heavy atom. The van der Waals surface area contributed by atoms with Gasteiger partial charge in [-0.05, 0) is 77.1 Å². The summed E-state index contributed by atoms with van der Waals surface area (Å²) in [7, 11) is -4.42. The largest absolute Gasteiger partial charge is 0.476 e. The van der Waals surface area contributed by atoms with Gasteiger partial charge in [-0.15, -0.1) is 5.10 Å². The van der Waals surface area contributed by atoms with E-state index in [-0.39, 0.29) is 34.2 Å². The molecule has 1 fully saturated rings. The van der Waals surface area contributed by atoms with E-state index in [0.29, 0.717) is 19.5 Å². The maximum atomic E-state index is 13.1. The van der Waals surface area contributed by atoms with Gasteiger partial charge in [-0.2, -0.15) is 21.6 Å². The molecule has 2 amide bonds. The molecule has 0 saturated carbocycles. The van der Waals surface area contributed by atoms with Crippen molar-refractivity contribution >= 4 is 39.4 Å². The monoisotopic (exact) mass is 701 g/mol. The van der Waals surface area contributed by atoms with Crippen molar-refractivity contribution in [3.8, 4) is 11.7 Å². The second kappa shape index (κ2) is 13.5. The Balaban J connectivity index is 1.33. The third-order valence-electron chi connectivity index (χ3n) is 7.74. The molecule has 0 radical (unpaired) electrons. The molecule has 0 aromatic carbocycles. The first-order valence-corrected chi connectivity index (χ1v) is 16.4. The number of carboxylic acid groups (broad SMARTS) is 1. The van der Waals surface area contributed by atoms with Gasteiger partial charge in [0.15, 0.2) is 10.8 Å². The molecule has 256 valence electrons. The van der Waals surface area contributed by atoms with Crippen LogP contribution in [0.25, 0.3) is 5.82 Å². The van der Waals surface area contributed by atoms with Crippen molar-refractivity contribution in [1.29, 1.82) is 0 Å². The van der Waals surface area contributed by atoms with Crippen LogP contribution in [0.4, 0.5) is 23.8 Å². The number of amides is 2. The van der Waals surface area contributed by atoms with Crippen LogP contribution in [0.5, 0.6) is 5.88 Å². The Morgan fingerprint density at radius 2 is 1.87 bits per heavy atom. The van der Waals surface area contributed by atoms with E-state index in [1.54, 1.807) is 6.07 Å². The number of rotatable bonds is 12. The Hall–Kier alpha value is -4.12. The Labute approximate surface area is 274 Å². The van der Waals surface area contributed by atoms with Crippen LogP contribution in [-0.2, 0) is 10.0 Å². The minimum absolute atomic E-state index is 0.0932. The number of hydrogen-bond acceptors (Lipinski definition) is 9. The number of ether oxygens (including phenoxy) is 1. The highest BCUT2D eigenvalue weighted by Crippen LogP contribution is 2.38. The van der Waals surface area contributed by atoms with Crippen LogP contribution >= 0.6 is 11.6 Å². The fourth-order valence-corrected chi connectivity index (χ4v) is 6.16. The van der Waals surface area contributed by atoms with E-state index >= 15 is 0 Å². The number of aromatic nitrogens is 4. The van der Waals surface area contributed by atoms with Crippen molar-refractivity contribution in [2.45, 2.75) is 63.7 Å². The number of nitrogens with one attached hydrogen (secondary N) is 2. The summed E-state index contributed by atoms with van der Waals surface area (Å²) < 4.78 is 73.5. The lowest BCUT2D eigenvalue weighted by atomic mass is 9.93. The summed E-state index contributed by atoms with van der Waals surface area (Å²) in [5, 5.41) is 15.7. The minimum atomic E-state index is -4.48. The summed E-state index contributed by atoms with van der Waals surface area (Å²) in [4.78, 5) is 34.0. The molecule has 1 aliphatic rings. The van der Waals surface area contributed by atoms with Crippen LogP contribution in [0.1, 0.15) is 57.3 Å². The Morgan fingerprint density at radius 1 is 1.15 bits per heavy atom. The lowest BCUT2D eigenvalue weighted by Gasteiger charge is -2.28. The van der Waals surface area contributed by atoms with E-state index in [1.165, 1.54) is 46.1 Å². The highest BCUT2D eigenvalue weighted by molar-refractivity contribution is 7.90. The molecule has 3 aromatic rings. The summed E-state index contributed by atoms with van der Waals surface area (Å²) in [6.45, 7) is 6.06. The van der Waals surface area contributed by atoms with Gasteiger partial charge >= 0.3 is 12.3 Å². The topological polar surface area (TPSA) is 169 Å². The maximum Gasteiger partial charge on any atom is 0.407 e. The van der Waals surface area contributed by atoms with Gasteiger partial charge in [-0.3, -0.25) is 4.79 Å². The number of halogens is 4. The standard InChI is InChI=1S/C29H35ClF3N7O6S/c1-27(2,29(31,32)33)17-46-22-12-14-40(37-22)21-11-10-19(24(30)36-21)25(41)38-47(44,45)23-9-5-8-20(35-23)34-13-6-7-18-15-28(3,4)39(16-18)26(42)43/h5,8-12,14,18H,6-7,13,15-17H2,1-4H3,(H,34,35)(H,38,41)(H,42,43)/t18-/m0/s1. The molecular formula is C29H35ClF3N7O6S. The second-order valence-corrected chi connectivity index (χ2v) is 14.4. The molecule has 0 bridgehead atoms. The van der Waals surface area contributed by atoms with Crippen LogP contribution in [0, 0.1) is 11.3 Å². The lowest BCUT2D eigenvalue weighted by Crippen LogP contribution is -2.41. The van der Waals surface area contributed by atoms with Gasteiger partial charge in [0.25, 0.3) is 15.9 Å². The molecule has 18 heteroatoms. The summed E-state index contributed by atoms with van der Waals surface area (Å²) in [5.41, 5.74) is -2.80. The lowest BCUT2D eigenvalue weighted by molar-refractivity contribution is -0.219. The zero-order valence-corrected chi connectivity index (χ0v) is 27.6. The van der Waals surface area contributed by atoms with Gasteiger partial charge in [0.05, 0.1) is 11.0 Å². The predicted molar refractivity (Wildman–Crippen MR) is 165 cm³/mol. The van der Waals surface area contributed by atoms with E-state index in [2.05, 4.69) is 20.4 Å². The van der Waals surface area contributed by atoms with Gasteiger partial charge in [0.1, 0.15) is 17.6 Å². The summed E-state index contributed by atoms with van der Waals surface area (Å²) in [5.74, 6) is -0.586. The number of sulfonamides is 1. The number of nitrogens with zero attached hydrogens (tertiary/aromatic N) is 5. The van der Waals surface area contributed by atoms with E-state index in [0.717, 1.165) is 26.7 Å². The molecule has 1 atom stereocenters. The first-order chi connectivity index (χ1) is 21.8. The number of hydrogen-bond donors (Lipinski definition) is 3. The predicted octanol–water partition coefficient (Wildman–Crippen LogP) is 5.37. The van der Waals surface area contributed by atoms with Crippen molar-refractivity contribution in [1.82, 2.24) is 29.4 Å². The number of alkyl halides is 3. The fourth-order valence-electron chi connectivity index (χ4n) is 4.99. The number of likely N-dealkylation sites (tertiary alicyclic amines) is 1. The quantitative estimate of drug-likeness (QED) is 0.165. The van der Waals surface area contributed by atoms with Gasteiger partial charge in [0.2, 0.25) is 5.88 Å². The van der Waals surface area contributed by atoms with Gasteiger partial charge < -0.3 is 20.1 Å². The van der Waals surface area contributed by atoms with Gasteiger partial charge in [-0.25, -0.2) is 24.2 Å². The molecular weight excluding hydrogens is 667 g/mol. The first kappa shape index (κ1) is 35.7. The molecule has 1 aliphatic heterocycles. The van der Waals surface area contributed by atoms with Crippen molar-refractivity contribution in [2.75, 3.05) is 25.0 Å². The number of anilines is 1. The molecule has 13 nitrogen and oxygen atoms in total. The van der Waals surface area contributed by atoms with Crippen molar-refractivity contribution in [2.24, 2.45) is 11.3 Å². The zero-order valence-electron chi connectivity index (χ0n) is 26.0. The number of carbonyl (C=O) groups is 2. The summed E-state index contributed by atoms with van der Waals surface area (Å²) >= 11 is 6.19. The van der Waals surface area contributed by atoms with Crippen LogP contribution < -0.4 is 14.8 Å². The second-order valence-electron chi connectivity index (χ2n) is 12.4. The SMILES string of the molecule is CC1(C)C[C@H](CCCNc2cccc(S(=O)(=O)NC(=O)c3ccc(-n4ccc(OCC(C)(C)C(F)(F)F)n4)nc3Cl)n2)CN1C(=O)O. The molecule has 0 aliphatic carbocycles. The average molecular weight is 702 g/mol. The Bertz CT molecular complexity index is 1730.